The van der Waals surface area contributed by atoms with Crippen LogP contribution in [0.15, 0.2) is 47.0 Å². The summed E-state index contributed by atoms with van der Waals surface area (Å²) >= 11 is 0. The summed E-state index contributed by atoms with van der Waals surface area (Å²) in [7, 11) is 1.68. The highest BCUT2D eigenvalue weighted by Gasteiger charge is 2.35. The average molecular weight is 336 g/mol. The van der Waals surface area contributed by atoms with Crippen LogP contribution < -0.4 is 0 Å². The predicted molar refractivity (Wildman–Crippen MR) is 83.5 cm³/mol. The maximum Gasteiger partial charge on any atom is 0.272 e. The van der Waals surface area contributed by atoms with Gasteiger partial charge in [-0.3, -0.25) is 30.3 Å². The molecule has 0 N–H and O–H groups in total. The molecule has 0 saturated carbocycles. The molecule has 2 aliphatic carbocycles. The Kier molecular flexibility index (Phi) is 4.88. The number of hydrogen-bond donors (Lipinski definition) is 0. The molecule has 0 aliphatic heterocycles. The third kappa shape index (κ3) is 3.71. The van der Waals surface area contributed by atoms with Gasteiger partial charge in [0.05, 0.1) is 32.7 Å². The Labute approximate surface area is 136 Å². The minimum atomic E-state index is -0.722. The maximum absolute atomic E-state index is 11.0. The summed E-state index contributed by atoms with van der Waals surface area (Å²) < 4.78 is 0. The van der Waals surface area contributed by atoms with Crippen LogP contribution in [0.1, 0.15) is 6.92 Å². The summed E-state index contributed by atoms with van der Waals surface area (Å²) in [6.07, 6.45) is 5.47. The summed E-state index contributed by atoms with van der Waals surface area (Å²) in [5, 5.41) is 32.9. The highest BCUT2D eigenvalue weighted by Crippen LogP contribution is 2.28. The van der Waals surface area contributed by atoms with Gasteiger partial charge in [-0.1, -0.05) is 6.08 Å². The van der Waals surface area contributed by atoms with E-state index in [9.17, 15) is 30.3 Å². The number of nitro groups is 3. The molecule has 2 aliphatic rings. The summed E-state index contributed by atoms with van der Waals surface area (Å²) in [6, 6.07) is 0. The molecule has 0 saturated heterocycles. The zero-order valence-electron chi connectivity index (χ0n) is 13.1. The first-order valence-electron chi connectivity index (χ1n) is 7.14. The molecular formula is C14H16N4O6. The minimum Gasteiger partial charge on any atom is -0.304 e. The highest BCUT2D eigenvalue weighted by molar-refractivity contribution is 5.31. The molecule has 10 heteroatoms. The fraction of sp³-hybridized carbons (Fsp3) is 0.429. The van der Waals surface area contributed by atoms with Gasteiger partial charge in [-0.25, -0.2) is 0 Å². The van der Waals surface area contributed by atoms with Crippen molar-refractivity contribution in [1.82, 2.24) is 4.90 Å². The van der Waals surface area contributed by atoms with Gasteiger partial charge in [-0.05, 0) is 19.5 Å². The van der Waals surface area contributed by atoms with E-state index in [4.69, 9.17) is 0 Å². The monoisotopic (exact) mass is 336 g/mol. The van der Waals surface area contributed by atoms with E-state index < -0.39 is 26.6 Å². The molecule has 0 bridgehead atoms. The lowest BCUT2D eigenvalue weighted by atomic mass is 10.1. The van der Waals surface area contributed by atoms with E-state index in [1.807, 2.05) is 0 Å². The van der Waals surface area contributed by atoms with Crippen molar-refractivity contribution in [2.24, 2.45) is 11.8 Å². The zero-order valence-corrected chi connectivity index (χ0v) is 13.1. The van der Waals surface area contributed by atoms with Crippen LogP contribution in [0.5, 0.6) is 0 Å². The van der Waals surface area contributed by atoms with Gasteiger partial charge in [0.1, 0.15) is 0 Å². The third-order valence-electron chi connectivity index (χ3n) is 3.92. The third-order valence-corrected chi connectivity index (χ3v) is 3.92. The lowest BCUT2D eigenvalue weighted by Crippen LogP contribution is -2.32. The molecule has 2 atom stereocenters. The summed E-state index contributed by atoms with van der Waals surface area (Å²) in [5.74, 6) is -1.13. The molecule has 128 valence electrons. The van der Waals surface area contributed by atoms with Gasteiger partial charge in [-0.2, -0.15) is 0 Å². The SMILES string of the molecule is CC1=CC(CN(C)CC2C=C([N+](=O)[O-])C=C2[N+](=O)[O-])C([N+](=O)[O-])=C1. The standard InChI is InChI=1S/C14H16N4O6/c1-9-3-10(13(4-9)17(21)22)7-15(2)8-11-5-12(16(19)20)6-14(11)18(23)24/h3-6,10-11H,7-8H2,1-2H3. The molecule has 10 nitrogen and oxygen atoms in total. The number of hydrogen-bond acceptors (Lipinski definition) is 7. The van der Waals surface area contributed by atoms with Crippen molar-refractivity contribution in [1.29, 1.82) is 0 Å². The molecule has 2 unspecified atom stereocenters. The Balaban J connectivity index is 2.07. The van der Waals surface area contributed by atoms with Crippen LogP contribution >= 0.6 is 0 Å². The van der Waals surface area contributed by atoms with Crippen LogP contribution in [0, 0.1) is 42.2 Å². The van der Waals surface area contributed by atoms with E-state index in [0.29, 0.717) is 6.54 Å². The summed E-state index contributed by atoms with van der Waals surface area (Å²) in [4.78, 5) is 32.9. The van der Waals surface area contributed by atoms with Crippen LogP contribution in [-0.4, -0.2) is 39.8 Å². The number of allylic oxidation sites excluding steroid dienone is 3. The Bertz CT molecular complexity index is 721. The van der Waals surface area contributed by atoms with Gasteiger partial charge < -0.3 is 4.90 Å². The van der Waals surface area contributed by atoms with Crippen LogP contribution in [0.4, 0.5) is 0 Å². The minimum absolute atomic E-state index is 0.0809. The first-order chi connectivity index (χ1) is 11.2. The Morgan fingerprint density at radius 1 is 0.917 bits per heavy atom. The fourth-order valence-corrected chi connectivity index (χ4v) is 2.92. The van der Waals surface area contributed by atoms with Crippen molar-refractivity contribution < 1.29 is 14.8 Å². The Morgan fingerprint density at radius 2 is 1.42 bits per heavy atom. The molecule has 0 spiro atoms. The highest BCUT2D eigenvalue weighted by atomic mass is 16.6. The van der Waals surface area contributed by atoms with E-state index in [0.717, 1.165) is 11.6 Å². The Hall–Kier alpha value is -2.88. The second-order valence-electron chi connectivity index (χ2n) is 5.85. The topological polar surface area (TPSA) is 133 Å². The molecular weight excluding hydrogens is 320 g/mol. The maximum atomic E-state index is 11.0. The molecule has 2 rings (SSSR count). The van der Waals surface area contributed by atoms with Gasteiger partial charge in [0.2, 0.25) is 0 Å². The quantitative estimate of drug-likeness (QED) is 0.509. The molecule has 0 radical (unpaired) electrons. The van der Waals surface area contributed by atoms with Crippen molar-refractivity contribution >= 4 is 0 Å². The predicted octanol–water partition coefficient (Wildman–Crippen LogP) is 1.61. The lowest BCUT2D eigenvalue weighted by Gasteiger charge is -2.21. The van der Waals surface area contributed by atoms with E-state index >= 15 is 0 Å². The molecule has 0 amide bonds. The first kappa shape index (κ1) is 17.5. The van der Waals surface area contributed by atoms with E-state index in [-0.39, 0.29) is 23.6 Å². The number of rotatable bonds is 7. The van der Waals surface area contributed by atoms with Crippen molar-refractivity contribution in [3.05, 3.63) is 77.3 Å². The van der Waals surface area contributed by atoms with Crippen molar-refractivity contribution in [3.63, 3.8) is 0 Å². The van der Waals surface area contributed by atoms with E-state index in [2.05, 4.69) is 0 Å². The normalized spacial score (nSPS) is 22.8. The average Bonchev–Trinajstić information content (AvgIpc) is 3.02. The second kappa shape index (κ2) is 6.71. The van der Waals surface area contributed by atoms with Crippen molar-refractivity contribution in [2.45, 2.75) is 6.92 Å². The molecule has 0 heterocycles. The zero-order chi connectivity index (χ0) is 18.0. The molecule has 0 fully saturated rings. The molecule has 0 aromatic heterocycles. The van der Waals surface area contributed by atoms with Crippen LogP contribution in [0.2, 0.25) is 0 Å². The van der Waals surface area contributed by atoms with Crippen LogP contribution in [0.3, 0.4) is 0 Å². The van der Waals surface area contributed by atoms with E-state index in [1.165, 1.54) is 12.2 Å². The van der Waals surface area contributed by atoms with E-state index in [1.54, 1.807) is 24.9 Å². The van der Waals surface area contributed by atoms with Gasteiger partial charge in [0.25, 0.3) is 17.1 Å². The summed E-state index contributed by atoms with van der Waals surface area (Å²) in [5.41, 5.74) is 0.332. The van der Waals surface area contributed by atoms with Gasteiger partial charge >= 0.3 is 0 Å². The van der Waals surface area contributed by atoms with Crippen molar-refractivity contribution in [3.8, 4) is 0 Å². The fourth-order valence-electron chi connectivity index (χ4n) is 2.92. The second-order valence-corrected chi connectivity index (χ2v) is 5.85. The van der Waals surface area contributed by atoms with Crippen LogP contribution in [-0.2, 0) is 0 Å². The van der Waals surface area contributed by atoms with Gasteiger partial charge in [0.15, 0.2) is 0 Å². The van der Waals surface area contributed by atoms with Crippen molar-refractivity contribution in [2.75, 3.05) is 20.1 Å². The largest absolute Gasteiger partial charge is 0.304 e. The molecule has 0 aromatic carbocycles. The summed E-state index contributed by atoms with van der Waals surface area (Å²) in [6.45, 7) is 2.23. The van der Waals surface area contributed by atoms with Crippen LogP contribution in [0.25, 0.3) is 0 Å². The smallest absolute Gasteiger partial charge is 0.272 e. The van der Waals surface area contributed by atoms with Gasteiger partial charge in [-0.15, -0.1) is 0 Å². The van der Waals surface area contributed by atoms with Gasteiger partial charge in [0, 0.05) is 25.2 Å². The Morgan fingerprint density at radius 3 is 1.92 bits per heavy atom. The number of nitrogens with zero attached hydrogens (tertiary/aromatic N) is 4. The molecule has 24 heavy (non-hydrogen) atoms. The molecule has 0 aromatic rings. The lowest BCUT2D eigenvalue weighted by molar-refractivity contribution is -0.434. The first-order valence-corrected chi connectivity index (χ1v) is 7.14.